The molecule has 1 aliphatic carbocycles. The summed E-state index contributed by atoms with van der Waals surface area (Å²) in [5.41, 5.74) is 1.03. The Hall–Kier alpha value is -2.19. The van der Waals surface area contributed by atoms with E-state index >= 15 is 0 Å². The third-order valence-electron chi connectivity index (χ3n) is 4.36. The van der Waals surface area contributed by atoms with E-state index in [1.165, 1.54) is 19.1 Å². The summed E-state index contributed by atoms with van der Waals surface area (Å²) in [6.45, 7) is 1.45. The SMILES string of the molecule is CCS(=O)(=O)c1c(Cl)ccc(NC(=O)NC2CCCc3ccoc32)c1O. The van der Waals surface area contributed by atoms with Gasteiger partial charge in [-0.3, -0.25) is 0 Å². The van der Waals surface area contributed by atoms with E-state index in [-0.39, 0.29) is 27.4 Å². The lowest BCUT2D eigenvalue weighted by atomic mass is 9.94. The Morgan fingerprint density at radius 1 is 1.38 bits per heavy atom. The number of hydrogen-bond donors (Lipinski definition) is 3. The second-order valence-electron chi connectivity index (χ2n) is 6.03. The maximum Gasteiger partial charge on any atom is 0.319 e. The van der Waals surface area contributed by atoms with Crippen molar-refractivity contribution in [1.82, 2.24) is 5.32 Å². The zero-order valence-corrected chi connectivity index (χ0v) is 15.7. The number of carbonyl (C=O) groups excluding carboxylic acids is 1. The molecule has 0 aliphatic heterocycles. The lowest BCUT2D eigenvalue weighted by Gasteiger charge is -2.22. The van der Waals surface area contributed by atoms with Crippen molar-refractivity contribution in [3.05, 3.63) is 40.8 Å². The number of carbonyl (C=O) groups is 1. The van der Waals surface area contributed by atoms with Crippen molar-refractivity contribution in [3.63, 3.8) is 0 Å². The molecule has 140 valence electrons. The molecule has 0 bridgehead atoms. The lowest BCUT2D eigenvalue weighted by Crippen LogP contribution is -2.34. The highest BCUT2D eigenvalue weighted by Crippen LogP contribution is 2.37. The van der Waals surface area contributed by atoms with E-state index in [1.807, 2.05) is 6.07 Å². The van der Waals surface area contributed by atoms with Crippen molar-refractivity contribution >= 4 is 33.2 Å². The molecule has 3 N–H and O–H groups in total. The second-order valence-corrected chi connectivity index (χ2v) is 8.65. The van der Waals surface area contributed by atoms with Gasteiger partial charge < -0.3 is 20.2 Å². The number of hydrogen-bond acceptors (Lipinski definition) is 5. The Balaban J connectivity index is 1.80. The highest BCUT2D eigenvalue weighted by atomic mass is 35.5. The second kappa shape index (κ2) is 7.20. The molecule has 1 unspecified atom stereocenters. The van der Waals surface area contributed by atoms with Crippen LogP contribution in [-0.2, 0) is 16.3 Å². The minimum Gasteiger partial charge on any atom is -0.504 e. The van der Waals surface area contributed by atoms with Gasteiger partial charge in [0, 0.05) is 0 Å². The number of anilines is 1. The van der Waals surface area contributed by atoms with Gasteiger partial charge in [-0.25, -0.2) is 13.2 Å². The van der Waals surface area contributed by atoms with Gasteiger partial charge in [-0.15, -0.1) is 0 Å². The number of nitrogens with one attached hydrogen (secondary N) is 2. The number of aryl methyl sites for hydroxylation is 1. The summed E-state index contributed by atoms with van der Waals surface area (Å²) >= 11 is 5.92. The van der Waals surface area contributed by atoms with Crippen molar-refractivity contribution < 1.29 is 22.7 Å². The molecule has 26 heavy (non-hydrogen) atoms. The van der Waals surface area contributed by atoms with Crippen LogP contribution < -0.4 is 10.6 Å². The molecule has 7 nitrogen and oxygen atoms in total. The monoisotopic (exact) mass is 398 g/mol. The van der Waals surface area contributed by atoms with Crippen LogP contribution in [-0.4, -0.2) is 25.3 Å². The van der Waals surface area contributed by atoms with Crippen LogP contribution in [0.25, 0.3) is 0 Å². The number of rotatable bonds is 4. The van der Waals surface area contributed by atoms with Crippen LogP contribution >= 0.6 is 11.6 Å². The molecule has 9 heteroatoms. The molecule has 0 saturated heterocycles. The molecule has 1 aliphatic rings. The van der Waals surface area contributed by atoms with E-state index in [9.17, 15) is 18.3 Å². The van der Waals surface area contributed by atoms with Gasteiger partial charge >= 0.3 is 6.03 Å². The van der Waals surface area contributed by atoms with Crippen LogP contribution in [0.1, 0.15) is 37.1 Å². The first-order chi connectivity index (χ1) is 12.3. The number of aromatic hydroxyl groups is 1. The molecule has 1 aromatic carbocycles. The molecule has 3 rings (SSSR count). The summed E-state index contributed by atoms with van der Waals surface area (Å²) in [4.78, 5) is 11.9. The molecule has 1 atom stereocenters. The minimum atomic E-state index is -3.75. The summed E-state index contributed by atoms with van der Waals surface area (Å²) in [5.74, 6) is -0.0722. The first-order valence-electron chi connectivity index (χ1n) is 8.21. The minimum absolute atomic E-state index is 0.0330. The molecular formula is C17H19ClN2O5S. The Labute approximate surface area is 156 Å². The Kier molecular flexibility index (Phi) is 5.15. The maximum absolute atomic E-state index is 12.3. The zero-order valence-electron chi connectivity index (χ0n) is 14.1. The highest BCUT2D eigenvalue weighted by Gasteiger charge is 2.27. The quantitative estimate of drug-likeness (QED) is 0.681. The van der Waals surface area contributed by atoms with Crippen molar-refractivity contribution in [2.45, 2.75) is 37.1 Å². The maximum atomic E-state index is 12.3. The fourth-order valence-corrected chi connectivity index (χ4v) is 4.59. The van der Waals surface area contributed by atoms with E-state index < -0.39 is 21.6 Å². The number of urea groups is 1. The van der Waals surface area contributed by atoms with Gasteiger partial charge in [0.05, 0.1) is 28.8 Å². The number of benzene rings is 1. The van der Waals surface area contributed by atoms with E-state index in [0.717, 1.165) is 30.6 Å². The van der Waals surface area contributed by atoms with E-state index in [1.54, 1.807) is 6.26 Å². The number of phenols is 1. The molecule has 2 amide bonds. The van der Waals surface area contributed by atoms with E-state index in [0.29, 0.717) is 0 Å². The van der Waals surface area contributed by atoms with Gasteiger partial charge in [-0.1, -0.05) is 18.5 Å². The van der Waals surface area contributed by atoms with Gasteiger partial charge in [0.15, 0.2) is 15.6 Å². The van der Waals surface area contributed by atoms with E-state index in [2.05, 4.69) is 10.6 Å². The molecule has 0 spiro atoms. The molecule has 1 heterocycles. The van der Waals surface area contributed by atoms with Gasteiger partial charge in [0.25, 0.3) is 0 Å². The van der Waals surface area contributed by atoms with Crippen LogP contribution in [0.3, 0.4) is 0 Å². The van der Waals surface area contributed by atoms with Gasteiger partial charge in [-0.05, 0) is 43.0 Å². The topological polar surface area (TPSA) is 109 Å². The largest absolute Gasteiger partial charge is 0.504 e. The number of amides is 2. The Morgan fingerprint density at radius 3 is 2.88 bits per heavy atom. The number of fused-ring (bicyclic) bond motifs is 1. The standard InChI is InChI=1S/C17H19ClN2O5S/c1-2-26(23,24)16-11(18)6-7-12(14(16)21)19-17(22)20-13-5-3-4-10-8-9-25-15(10)13/h6-9,13,21H,2-5H2,1H3,(H2,19,20,22). The smallest absolute Gasteiger partial charge is 0.319 e. The number of sulfone groups is 1. The van der Waals surface area contributed by atoms with Crippen LogP contribution in [0.15, 0.2) is 33.8 Å². The molecule has 0 saturated carbocycles. The number of phenolic OH excluding ortho intramolecular Hbond substituents is 1. The molecule has 2 aromatic rings. The van der Waals surface area contributed by atoms with Gasteiger partial charge in [0.1, 0.15) is 10.7 Å². The molecule has 1 aromatic heterocycles. The van der Waals surface area contributed by atoms with Crippen molar-refractivity contribution in [2.24, 2.45) is 0 Å². The summed E-state index contributed by atoms with van der Waals surface area (Å²) in [6, 6.07) is 3.71. The van der Waals surface area contributed by atoms with Crippen molar-refractivity contribution in [1.29, 1.82) is 0 Å². The summed E-state index contributed by atoms with van der Waals surface area (Å²) in [7, 11) is -3.75. The Bertz CT molecular complexity index is 939. The van der Waals surface area contributed by atoms with Gasteiger partial charge in [0.2, 0.25) is 0 Å². The molecule has 0 radical (unpaired) electrons. The van der Waals surface area contributed by atoms with Crippen LogP contribution in [0.5, 0.6) is 5.75 Å². The average Bonchev–Trinajstić information content (AvgIpc) is 3.07. The first kappa shape index (κ1) is 18.6. The Morgan fingerprint density at radius 2 is 2.15 bits per heavy atom. The zero-order chi connectivity index (χ0) is 18.9. The molecule has 0 fully saturated rings. The highest BCUT2D eigenvalue weighted by molar-refractivity contribution is 7.91. The summed E-state index contributed by atoms with van der Waals surface area (Å²) in [6.07, 6.45) is 4.15. The summed E-state index contributed by atoms with van der Waals surface area (Å²) < 4.78 is 29.7. The predicted octanol–water partition coefficient (Wildman–Crippen LogP) is 3.63. The third-order valence-corrected chi connectivity index (χ3v) is 6.59. The number of halogens is 1. The van der Waals surface area contributed by atoms with Crippen molar-refractivity contribution in [2.75, 3.05) is 11.1 Å². The summed E-state index contributed by atoms with van der Waals surface area (Å²) in [5, 5.41) is 15.5. The van der Waals surface area contributed by atoms with Gasteiger partial charge in [-0.2, -0.15) is 0 Å². The van der Waals surface area contributed by atoms with E-state index in [4.69, 9.17) is 16.0 Å². The first-order valence-corrected chi connectivity index (χ1v) is 10.2. The number of furan rings is 1. The fourth-order valence-electron chi connectivity index (χ4n) is 3.03. The average molecular weight is 399 g/mol. The predicted molar refractivity (Wildman–Crippen MR) is 97.4 cm³/mol. The lowest BCUT2D eigenvalue weighted by molar-refractivity contribution is 0.244. The van der Waals surface area contributed by atoms with Crippen molar-refractivity contribution in [3.8, 4) is 5.75 Å². The molecular weight excluding hydrogens is 380 g/mol. The van der Waals surface area contributed by atoms with Crippen LogP contribution in [0.2, 0.25) is 5.02 Å². The normalized spacial score (nSPS) is 16.8. The van der Waals surface area contributed by atoms with Crippen LogP contribution in [0.4, 0.5) is 10.5 Å². The fraction of sp³-hybridized carbons (Fsp3) is 0.353. The third kappa shape index (κ3) is 3.52. The van der Waals surface area contributed by atoms with Crippen LogP contribution in [0, 0.1) is 0 Å².